The second-order valence-electron chi connectivity index (χ2n) is 4.96. The van der Waals surface area contributed by atoms with Crippen molar-refractivity contribution in [2.45, 2.75) is 13.5 Å². The molecule has 116 valence electrons. The fourth-order valence-electron chi connectivity index (χ4n) is 2.02. The topological polar surface area (TPSA) is 92.6 Å². The van der Waals surface area contributed by atoms with Crippen molar-refractivity contribution in [3.05, 3.63) is 70.9 Å². The number of anilines is 1. The average molecular weight is 314 g/mol. The summed E-state index contributed by atoms with van der Waals surface area (Å²) in [5.74, 6) is 0.699. The van der Waals surface area contributed by atoms with Crippen LogP contribution in [0, 0.1) is 40.9 Å². The summed E-state index contributed by atoms with van der Waals surface area (Å²) in [7, 11) is 0. The van der Waals surface area contributed by atoms with Gasteiger partial charge in [-0.05, 0) is 36.2 Å². The number of hydrogen-bond donors (Lipinski definition) is 1. The van der Waals surface area contributed by atoms with Crippen molar-refractivity contribution in [1.82, 2.24) is 0 Å². The molecule has 0 saturated carbocycles. The highest BCUT2D eigenvalue weighted by Crippen LogP contribution is 2.23. The summed E-state index contributed by atoms with van der Waals surface area (Å²) in [4.78, 5) is 0. The van der Waals surface area contributed by atoms with Crippen LogP contribution in [0.15, 0.2) is 59.8 Å². The lowest BCUT2D eigenvalue weighted by atomic mass is 10.1. The molecule has 0 unspecified atom stereocenters. The van der Waals surface area contributed by atoms with E-state index in [0.717, 1.165) is 11.1 Å². The molecule has 0 aliphatic heterocycles. The Kier molecular flexibility index (Phi) is 5.56. The third-order valence-corrected chi connectivity index (χ3v) is 3.29. The molecule has 0 fully saturated rings. The monoisotopic (exact) mass is 314 g/mol. The average Bonchev–Trinajstić information content (AvgIpc) is 2.62. The molecule has 0 amide bonds. The van der Waals surface area contributed by atoms with Crippen LogP contribution in [-0.4, -0.2) is 0 Å². The van der Waals surface area contributed by atoms with Gasteiger partial charge in [-0.3, -0.25) is 0 Å². The summed E-state index contributed by atoms with van der Waals surface area (Å²) in [6.07, 6.45) is 0. The van der Waals surface area contributed by atoms with E-state index >= 15 is 0 Å². The first-order chi connectivity index (χ1) is 11.7. The Balaban J connectivity index is 2.13. The van der Waals surface area contributed by atoms with Crippen molar-refractivity contribution in [3.8, 4) is 24.0 Å². The number of rotatable bonds is 5. The van der Waals surface area contributed by atoms with E-state index in [2.05, 4.69) is 5.32 Å². The van der Waals surface area contributed by atoms with Crippen LogP contribution in [0.1, 0.15) is 11.1 Å². The van der Waals surface area contributed by atoms with Crippen LogP contribution in [-0.2, 0) is 6.61 Å². The zero-order valence-electron chi connectivity index (χ0n) is 13.1. The first kappa shape index (κ1) is 16.6. The van der Waals surface area contributed by atoms with Gasteiger partial charge in [0.1, 0.15) is 36.3 Å². The third-order valence-electron chi connectivity index (χ3n) is 3.29. The van der Waals surface area contributed by atoms with Crippen LogP contribution in [0.25, 0.3) is 0 Å². The molecule has 0 radical (unpaired) electrons. The molecule has 2 aromatic rings. The number of nitrogens with one attached hydrogen (secondary N) is 1. The predicted octanol–water partition coefficient (Wildman–Crippen LogP) is 3.81. The van der Waals surface area contributed by atoms with Gasteiger partial charge in [-0.25, -0.2) is 0 Å². The SMILES string of the molecule is Cc1cc(OCc2ccccc2)ccc1NC(C#N)=C(C#N)C#N. The zero-order valence-corrected chi connectivity index (χ0v) is 13.1. The van der Waals surface area contributed by atoms with Gasteiger partial charge in [0.2, 0.25) is 0 Å². The Morgan fingerprint density at radius 1 is 1.00 bits per heavy atom. The van der Waals surface area contributed by atoms with Crippen LogP contribution in [0.4, 0.5) is 5.69 Å². The van der Waals surface area contributed by atoms with Crippen molar-refractivity contribution in [2.75, 3.05) is 5.32 Å². The molecule has 0 spiro atoms. The molecule has 0 bridgehead atoms. The van der Waals surface area contributed by atoms with Crippen LogP contribution < -0.4 is 10.1 Å². The maximum absolute atomic E-state index is 9.08. The summed E-state index contributed by atoms with van der Waals surface area (Å²) < 4.78 is 5.74. The van der Waals surface area contributed by atoms with Gasteiger partial charge in [0.05, 0.1) is 0 Å². The Morgan fingerprint density at radius 2 is 1.71 bits per heavy atom. The molecule has 0 atom stereocenters. The van der Waals surface area contributed by atoms with Gasteiger partial charge in [-0.1, -0.05) is 30.3 Å². The number of nitriles is 3. The van der Waals surface area contributed by atoms with E-state index in [9.17, 15) is 0 Å². The van der Waals surface area contributed by atoms with Crippen LogP contribution >= 0.6 is 0 Å². The van der Waals surface area contributed by atoms with Gasteiger partial charge in [0.15, 0.2) is 5.57 Å². The van der Waals surface area contributed by atoms with E-state index in [1.807, 2.05) is 49.4 Å². The van der Waals surface area contributed by atoms with E-state index < -0.39 is 0 Å². The van der Waals surface area contributed by atoms with E-state index in [-0.39, 0.29) is 11.3 Å². The molecule has 2 rings (SSSR count). The summed E-state index contributed by atoms with van der Waals surface area (Å²) in [6.45, 7) is 2.31. The molecule has 0 heterocycles. The molecule has 1 N–H and O–H groups in total. The predicted molar refractivity (Wildman–Crippen MR) is 89.4 cm³/mol. The number of ether oxygens (including phenoxy) is 1. The summed E-state index contributed by atoms with van der Waals surface area (Å²) in [5.41, 5.74) is 2.23. The third kappa shape index (κ3) is 4.13. The van der Waals surface area contributed by atoms with Crippen molar-refractivity contribution in [3.63, 3.8) is 0 Å². The molecule has 5 heteroatoms. The van der Waals surface area contributed by atoms with Crippen molar-refractivity contribution < 1.29 is 4.74 Å². The highest BCUT2D eigenvalue weighted by atomic mass is 16.5. The second kappa shape index (κ2) is 8.03. The van der Waals surface area contributed by atoms with Crippen molar-refractivity contribution >= 4 is 5.69 Å². The maximum atomic E-state index is 9.08. The smallest absolute Gasteiger partial charge is 0.163 e. The molecule has 24 heavy (non-hydrogen) atoms. The van der Waals surface area contributed by atoms with E-state index in [1.54, 1.807) is 24.3 Å². The zero-order chi connectivity index (χ0) is 17.4. The van der Waals surface area contributed by atoms with Gasteiger partial charge in [0.25, 0.3) is 0 Å². The Morgan fingerprint density at radius 3 is 2.29 bits per heavy atom. The van der Waals surface area contributed by atoms with Gasteiger partial charge < -0.3 is 10.1 Å². The van der Waals surface area contributed by atoms with Crippen LogP contribution in [0.5, 0.6) is 5.75 Å². The first-order valence-electron chi connectivity index (χ1n) is 7.17. The van der Waals surface area contributed by atoms with Gasteiger partial charge in [0, 0.05) is 5.69 Å². The Labute approximate surface area is 140 Å². The number of hydrogen-bond acceptors (Lipinski definition) is 5. The van der Waals surface area contributed by atoms with E-state index in [4.69, 9.17) is 20.5 Å². The lowest BCUT2D eigenvalue weighted by molar-refractivity contribution is 0.306. The van der Waals surface area contributed by atoms with Crippen molar-refractivity contribution in [1.29, 1.82) is 15.8 Å². The summed E-state index contributed by atoms with van der Waals surface area (Å²) in [6, 6.07) is 20.4. The Hall–Kier alpha value is -3.75. The van der Waals surface area contributed by atoms with Gasteiger partial charge in [-0.2, -0.15) is 15.8 Å². The fourth-order valence-corrected chi connectivity index (χ4v) is 2.02. The molecule has 2 aromatic carbocycles. The maximum Gasteiger partial charge on any atom is 0.163 e. The molecular formula is C19H14N4O. The first-order valence-corrected chi connectivity index (χ1v) is 7.17. The highest BCUT2D eigenvalue weighted by molar-refractivity contribution is 5.62. The molecule has 5 nitrogen and oxygen atoms in total. The second-order valence-corrected chi connectivity index (χ2v) is 4.96. The lowest BCUT2D eigenvalue weighted by Crippen LogP contribution is -2.03. The van der Waals surface area contributed by atoms with Crippen LogP contribution in [0.2, 0.25) is 0 Å². The number of nitrogens with zero attached hydrogens (tertiary/aromatic N) is 3. The quantitative estimate of drug-likeness (QED) is 0.847. The van der Waals surface area contributed by atoms with Crippen LogP contribution in [0.3, 0.4) is 0 Å². The fraction of sp³-hybridized carbons (Fsp3) is 0.105. The number of aryl methyl sites for hydroxylation is 1. The molecule has 0 aromatic heterocycles. The number of allylic oxidation sites excluding steroid dienone is 2. The molecule has 0 aliphatic carbocycles. The molecule has 0 saturated heterocycles. The number of benzene rings is 2. The highest BCUT2D eigenvalue weighted by Gasteiger charge is 2.08. The molecular weight excluding hydrogens is 300 g/mol. The minimum Gasteiger partial charge on any atom is -0.489 e. The minimum atomic E-state index is -0.249. The Bertz CT molecular complexity index is 864. The minimum absolute atomic E-state index is 0.0685. The summed E-state index contributed by atoms with van der Waals surface area (Å²) >= 11 is 0. The van der Waals surface area contributed by atoms with E-state index in [1.165, 1.54) is 0 Å². The van der Waals surface area contributed by atoms with Gasteiger partial charge in [-0.15, -0.1) is 0 Å². The summed E-state index contributed by atoms with van der Waals surface area (Å²) in [5, 5.41) is 29.6. The van der Waals surface area contributed by atoms with Crippen molar-refractivity contribution in [2.24, 2.45) is 0 Å². The van der Waals surface area contributed by atoms with E-state index in [0.29, 0.717) is 18.0 Å². The normalized spacial score (nSPS) is 9.08. The molecule has 0 aliphatic rings. The van der Waals surface area contributed by atoms with Gasteiger partial charge >= 0.3 is 0 Å². The largest absolute Gasteiger partial charge is 0.489 e. The standard InChI is InChI=1S/C19H14N4O/c1-14-9-17(24-13-15-5-3-2-4-6-15)7-8-18(14)23-19(12-22)16(10-20)11-21/h2-9,23H,13H2,1H3. The lowest BCUT2D eigenvalue weighted by Gasteiger charge is -2.11.